The highest BCUT2D eigenvalue weighted by Gasteiger charge is 2.28. The number of carbonyl (C=O) groups excluding carboxylic acids is 2. The van der Waals surface area contributed by atoms with Gasteiger partial charge in [0.15, 0.2) is 0 Å². The minimum Gasteiger partial charge on any atom is -0.464 e. The normalized spacial score (nSPS) is 26.4. The van der Waals surface area contributed by atoms with Crippen LogP contribution in [0.5, 0.6) is 0 Å². The maximum Gasteiger partial charge on any atom is 0.303 e. The van der Waals surface area contributed by atoms with Crippen molar-refractivity contribution < 1.29 is 19.1 Å². The van der Waals surface area contributed by atoms with Crippen molar-refractivity contribution in [2.75, 3.05) is 6.61 Å². The number of hydrogen-bond donors (Lipinski definition) is 1. The molecule has 100 valence electrons. The van der Waals surface area contributed by atoms with Gasteiger partial charge in [0.05, 0.1) is 6.04 Å². The van der Waals surface area contributed by atoms with Gasteiger partial charge < -0.3 is 14.8 Å². The first kappa shape index (κ1) is 14.4. The summed E-state index contributed by atoms with van der Waals surface area (Å²) in [7, 11) is 0. The molecule has 0 bridgehead atoms. The highest BCUT2D eigenvalue weighted by Crippen LogP contribution is 2.13. The second-order valence-electron chi connectivity index (χ2n) is 4.17. The summed E-state index contributed by atoms with van der Waals surface area (Å²) in [6, 6.07) is -0.109. The fourth-order valence-electron chi connectivity index (χ4n) is 1.79. The molecular formula is C13H19NO4. The second kappa shape index (κ2) is 6.96. The molecule has 0 spiro atoms. The zero-order chi connectivity index (χ0) is 13.5. The van der Waals surface area contributed by atoms with Crippen molar-refractivity contribution in [2.45, 2.75) is 38.5 Å². The summed E-state index contributed by atoms with van der Waals surface area (Å²) >= 11 is 0. The van der Waals surface area contributed by atoms with E-state index in [-0.39, 0.29) is 30.6 Å². The summed E-state index contributed by atoms with van der Waals surface area (Å²) in [4.78, 5) is 21.8. The summed E-state index contributed by atoms with van der Waals surface area (Å²) in [5, 5.41) is 3.25. The van der Waals surface area contributed by atoms with Crippen molar-refractivity contribution in [2.24, 2.45) is 0 Å². The minimum absolute atomic E-state index is 0.120. The first-order valence-corrected chi connectivity index (χ1v) is 5.88. The molecule has 1 aliphatic rings. The van der Waals surface area contributed by atoms with E-state index < -0.39 is 6.10 Å². The zero-order valence-electron chi connectivity index (χ0n) is 10.7. The Morgan fingerprint density at radius 1 is 1.33 bits per heavy atom. The predicted octanol–water partition coefficient (Wildman–Crippen LogP) is 0.954. The van der Waals surface area contributed by atoms with Crippen molar-refractivity contribution in [3.8, 4) is 0 Å². The number of ether oxygens (including phenoxy) is 2. The number of esters is 2. The Labute approximate surface area is 107 Å². The zero-order valence-corrected chi connectivity index (χ0v) is 10.7. The molecule has 0 radical (unpaired) electrons. The molecule has 0 saturated heterocycles. The van der Waals surface area contributed by atoms with Crippen LogP contribution in [0, 0.1) is 0 Å². The second-order valence-corrected chi connectivity index (χ2v) is 4.17. The van der Waals surface area contributed by atoms with Crippen molar-refractivity contribution >= 4 is 11.9 Å². The summed E-state index contributed by atoms with van der Waals surface area (Å²) in [5.74, 6) is -0.713. The molecule has 0 fully saturated rings. The van der Waals surface area contributed by atoms with Gasteiger partial charge in [-0.1, -0.05) is 12.2 Å². The van der Waals surface area contributed by atoms with E-state index in [1.807, 2.05) is 12.2 Å². The number of nitrogens with one attached hydrogen (secondary N) is 1. The van der Waals surface area contributed by atoms with E-state index >= 15 is 0 Å². The van der Waals surface area contributed by atoms with Crippen LogP contribution < -0.4 is 5.32 Å². The summed E-state index contributed by atoms with van der Waals surface area (Å²) in [6.07, 6.45) is 5.90. The molecule has 0 saturated carbocycles. The third-order valence-corrected chi connectivity index (χ3v) is 2.55. The number of rotatable bonds is 5. The fourth-order valence-corrected chi connectivity index (χ4v) is 1.79. The third-order valence-electron chi connectivity index (χ3n) is 2.55. The first-order chi connectivity index (χ1) is 8.52. The maximum atomic E-state index is 11.0. The Morgan fingerprint density at radius 3 is 2.61 bits per heavy atom. The van der Waals surface area contributed by atoms with Crippen LogP contribution in [-0.4, -0.2) is 36.7 Å². The first-order valence-electron chi connectivity index (χ1n) is 5.88. The Kier molecular flexibility index (Phi) is 5.58. The monoisotopic (exact) mass is 253 g/mol. The molecule has 1 aliphatic heterocycles. The molecule has 3 atom stereocenters. The molecular weight excluding hydrogens is 234 g/mol. The lowest BCUT2D eigenvalue weighted by Gasteiger charge is -2.32. The van der Waals surface area contributed by atoms with Crippen LogP contribution in [0.1, 0.15) is 20.3 Å². The van der Waals surface area contributed by atoms with E-state index in [0.29, 0.717) is 0 Å². The van der Waals surface area contributed by atoms with Gasteiger partial charge in [-0.3, -0.25) is 9.59 Å². The van der Waals surface area contributed by atoms with Gasteiger partial charge in [0.1, 0.15) is 12.7 Å². The van der Waals surface area contributed by atoms with Gasteiger partial charge in [-0.2, -0.15) is 0 Å². The predicted molar refractivity (Wildman–Crippen MR) is 66.9 cm³/mol. The number of hydrogen-bond acceptors (Lipinski definition) is 5. The van der Waals surface area contributed by atoms with Gasteiger partial charge in [0.2, 0.25) is 0 Å². The Hall–Kier alpha value is -1.62. The van der Waals surface area contributed by atoms with Gasteiger partial charge >= 0.3 is 11.9 Å². The van der Waals surface area contributed by atoms with Crippen LogP contribution in [-0.2, 0) is 19.1 Å². The lowest BCUT2D eigenvalue weighted by molar-refractivity contribution is -0.148. The van der Waals surface area contributed by atoms with Crippen LogP contribution in [0.25, 0.3) is 0 Å². The van der Waals surface area contributed by atoms with Crippen molar-refractivity contribution in [1.29, 1.82) is 0 Å². The topological polar surface area (TPSA) is 64.6 Å². The van der Waals surface area contributed by atoms with Crippen LogP contribution >= 0.6 is 0 Å². The molecule has 0 amide bonds. The molecule has 0 aliphatic carbocycles. The lowest BCUT2D eigenvalue weighted by atomic mass is 10.0. The van der Waals surface area contributed by atoms with Gasteiger partial charge in [-0.25, -0.2) is 0 Å². The molecule has 1 heterocycles. The van der Waals surface area contributed by atoms with Crippen LogP contribution in [0.15, 0.2) is 24.8 Å². The van der Waals surface area contributed by atoms with Gasteiger partial charge in [-0.05, 0) is 12.5 Å². The highest BCUT2D eigenvalue weighted by molar-refractivity contribution is 5.67. The maximum absolute atomic E-state index is 11.0. The summed E-state index contributed by atoms with van der Waals surface area (Å²) in [6.45, 7) is 6.55. The average Bonchev–Trinajstić information content (AvgIpc) is 2.28. The SMILES string of the molecule is C=CC[C@H]1C=C[C@H](OC(C)=O)[C@@H](COC(C)=O)N1. The fraction of sp³-hybridized carbons (Fsp3) is 0.538. The molecule has 5 heteroatoms. The molecule has 18 heavy (non-hydrogen) atoms. The molecule has 0 aromatic rings. The molecule has 0 unspecified atom stereocenters. The smallest absolute Gasteiger partial charge is 0.303 e. The van der Waals surface area contributed by atoms with E-state index in [1.54, 1.807) is 6.08 Å². The lowest BCUT2D eigenvalue weighted by Crippen LogP contribution is -2.51. The van der Waals surface area contributed by atoms with Crippen LogP contribution in [0.2, 0.25) is 0 Å². The highest BCUT2D eigenvalue weighted by atomic mass is 16.6. The molecule has 0 aromatic heterocycles. The number of carbonyl (C=O) groups is 2. The van der Waals surface area contributed by atoms with E-state index in [2.05, 4.69) is 11.9 Å². The standard InChI is InChI=1S/C13H19NO4/c1-4-5-11-6-7-13(18-10(3)16)12(14-11)8-17-9(2)15/h4,6-7,11-14H,1,5,8H2,2-3H3/t11-,12+,13-/m0/s1. The Morgan fingerprint density at radius 2 is 2.06 bits per heavy atom. The van der Waals surface area contributed by atoms with Gasteiger partial charge in [0.25, 0.3) is 0 Å². The molecule has 5 nitrogen and oxygen atoms in total. The molecule has 0 aromatic carbocycles. The third kappa shape index (κ3) is 4.71. The van der Waals surface area contributed by atoms with Crippen molar-refractivity contribution in [3.63, 3.8) is 0 Å². The summed E-state index contributed by atoms with van der Waals surface area (Å²) < 4.78 is 10.1. The summed E-state index contributed by atoms with van der Waals surface area (Å²) in [5.41, 5.74) is 0. The largest absolute Gasteiger partial charge is 0.464 e. The van der Waals surface area contributed by atoms with Crippen LogP contribution in [0.3, 0.4) is 0 Å². The molecule has 1 N–H and O–H groups in total. The van der Waals surface area contributed by atoms with E-state index in [1.165, 1.54) is 13.8 Å². The van der Waals surface area contributed by atoms with Crippen molar-refractivity contribution in [1.82, 2.24) is 5.32 Å². The van der Waals surface area contributed by atoms with E-state index in [0.717, 1.165) is 6.42 Å². The minimum atomic E-state index is -0.414. The molecule has 1 rings (SSSR count). The van der Waals surface area contributed by atoms with Crippen molar-refractivity contribution in [3.05, 3.63) is 24.8 Å². The Balaban J connectivity index is 2.65. The van der Waals surface area contributed by atoms with Crippen LogP contribution in [0.4, 0.5) is 0 Å². The van der Waals surface area contributed by atoms with E-state index in [9.17, 15) is 9.59 Å². The average molecular weight is 253 g/mol. The quantitative estimate of drug-likeness (QED) is 0.584. The van der Waals surface area contributed by atoms with Gasteiger partial charge in [-0.15, -0.1) is 6.58 Å². The van der Waals surface area contributed by atoms with Gasteiger partial charge in [0, 0.05) is 19.9 Å². The van der Waals surface area contributed by atoms with E-state index in [4.69, 9.17) is 9.47 Å². The Bertz CT molecular complexity index is 351.